The van der Waals surface area contributed by atoms with Gasteiger partial charge in [0.2, 0.25) is 5.13 Å². The lowest BCUT2D eigenvalue weighted by Crippen LogP contribution is -2.43. The highest BCUT2D eigenvalue weighted by Gasteiger charge is 2.37. The summed E-state index contributed by atoms with van der Waals surface area (Å²) in [6, 6.07) is 10.5. The highest BCUT2D eigenvalue weighted by Crippen LogP contribution is 2.39. The van der Waals surface area contributed by atoms with Crippen molar-refractivity contribution in [3.8, 4) is 0 Å². The highest BCUT2D eigenvalue weighted by atomic mass is 32.1. The van der Waals surface area contributed by atoms with Crippen molar-refractivity contribution >= 4 is 16.7 Å². The number of hydrogen-bond donors (Lipinski definition) is 1. The van der Waals surface area contributed by atoms with Gasteiger partial charge in [0.15, 0.2) is 0 Å². The fourth-order valence-corrected chi connectivity index (χ4v) is 4.15. The predicted molar refractivity (Wildman–Crippen MR) is 96.4 cm³/mol. The first kappa shape index (κ1) is 16.0. The molecule has 1 aliphatic heterocycles. The molecule has 2 aliphatic rings. The second-order valence-corrected chi connectivity index (χ2v) is 7.97. The van der Waals surface area contributed by atoms with Crippen LogP contribution < -0.4 is 4.90 Å². The molecule has 1 saturated carbocycles. The maximum atomic E-state index is 11.0. The van der Waals surface area contributed by atoms with Crippen LogP contribution in [0.2, 0.25) is 0 Å². The van der Waals surface area contributed by atoms with E-state index in [1.807, 2.05) is 13.1 Å². The van der Waals surface area contributed by atoms with Crippen LogP contribution in [0.4, 0.5) is 5.13 Å². The van der Waals surface area contributed by atoms with Crippen molar-refractivity contribution < 1.29 is 5.11 Å². The summed E-state index contributed by atoms with van der Waals surface area (Å²) in [6.45, 7) is 3.15. The van der Waals surface area contributed by atoms with Gasteiger partial charge in [-0.2, -0.15) is 4.37 Å². The summed E-state index contributed by atoms with van der Waals surface area (Å²) in [5, 5.41) is 11.9. The molecule has 128 valence electrons. The standard InChI is InChI=1S/C18H24N4OS/c1-21(17-19-16(20-24-17)15-7-8-15)12-18(23)9-10-22(13-18)11-14-5-3-2-4-6-14/h2-6,15,23H,7-13H2,1H3. The van der Waals surface area contributed by atoms with Crippen molar-refractivity contribution in [2.24, 2.45) is 0 Å². The molecule has 0 bridgehead atoms. The van der Waals surface area contributed by atoms with Gasteiger partial charge in [-0.25, -0.2) is 4.98 Å². The van der Waals surface area contributed by atoms with Crippen LogP contribution in [0.5, 0.6) is 0 Å². The molecule has 1 aromatic heterocycles. The van der Waals surface area contributed by atoms with E-state index < -0.39 is 5.60 Å². The van der Waals surface area contributed by atoms with Crippen molar-refractivity contribution in [3.05, 3.63) is 41.7 Å². The monoisotopic (exact) mass is 344 g/mol. The molecule has 1 saturated heterocycles. The lowest BCUT2D eigenvalue weighted by Gasteiger charge is -2.28. The zero-order valence-corrected chi connectivity index (χ0v) is 14.9. The SMILES string of the molecule is CN(CC1(O)CCN(Cc2ccccc2)C1)c1nc(C2CC2)ns1. The minimum absolute atomic E-state index is 0.583. The van der Waals surface area contributed by atoms with E-state index in [-0.39, 0.29) is 0 Å². The van der Waals surface area contributed by atoms with Gasteiger partial charge in [0.05, 0.1) is 5.60 Å². The quantitative estimate of drug-likeness (QED) is 0.872. The van der Waals surface area contributed by atoms with Gasteiger partial charge < -0.3 is 10.0 Å². The molecule has 1 aromatic carbocycles. The minimum Gasteiger partial charge on any atom is -0.387 e. The Labute approximate surface area is 147 Å². The average molecular weight is 344 g/mol. The zero-order chi connectivity index (χ0) is 16.6. The molecule has 1 unspecified atom stereocenters. The molecule has 2 aromatic rings. The van der Waals surface area contributed by atoms with Gasteiger partial charge in [0.1, 0.15) is 5.82 Å². The Bertz CT molecular complexity index is 687. The third kappa shape index (κ3) is 3.61. The maximum absolute atomic E-state index is 11.0. The number of aromatic nitrogens is 2. The number of nitrogens with zero attached hydrogens (tertiary/aromatic N) is 4. The second-order valence-electron chi connectivity index (χ2n) is 7.24. The summed E-state index contributed by atoms with van der Waals surface area (Å²) in [7, 11) is 2.01. The number of aliphatic hydroxyl groups is 1. The molecule has 4 rings (SSSR count). The summed E-state index contributed by atoms with van der Waals surface area (Å²) < 4.78 is 4.46. The van der Waals surface area contributed by atoms with Crippen molar-refractivity contribution in [1.29, 1.82) is 0 Å². The Morgan fingerprint density at radius 1 is 1.33 bits per heavy atom. The largest absolute Gasteiger partial charge is 0.387 e. The molecule has 2 heterocycles. The molecule has 2 fully saturated rings. The van der Waals surface area contributed by atoms with E-state index in [1.54, 1.807) is 0 Å². The Kier molecular flexibility index (Phi) is 4.28. The molecule has 1 atom stereocenters. The molecule has 0 amide bonds. The number of anilines is 1. The molecule has 0 radical (unpaired) electrons. The van der Waals surface area contributed by atoms with Gasteiger partial charge >= 0.3 is 0 Å². The zero-order valence-electron chi connectivity index (χ0n) is 14.1. The van der Waals surface area contributed by atoms with E-state index in [0.717, 1.165) is 30.5 Å². The normalized spacial score (nSPS) is 24.4. The number of β-amino-alcohol motifs (C(OH)–C–C–N with tert-alkyl or cyclic N) is 1. The van der Waals surface area contributed by atoms with Crippen LogP contribution >= 0.6 is 11.5 Å². The third-order valence-corrected chi connectivity index (χ3v) is 5.74. The smallest absolute Gasteiger partial charge is 0.205 e. The minimum atomic E-state index is -0.672. The maximum Gasteiger partial charge on any atom is 0.205 e. The Morgan fingerprint density at radius 2 is 2.12 bits per heavy atom. The van der Waals surface area contributed by atoms with Crippen molar-refractivity contribution in [2.45, 2.75) is 37.3 Å². The van der Waals surface area contributed by atoms with Crippen molar-refractivity contribution in [2.75, 3.05) is 31.6 Å². The van der Waals surface area contributed by atoms with Crippen LogP contribution in [0, 0.1) is 0 Å². The van der Waals surface area contributed by atoms with Gasteiger partial charge in [0.25, 0.3) is 0 Å². The number of likely N-dealkylation sites (tertiary alicyclic amines) is 1. The number of likely N-dealkylation sites (N-methyl/N-ethyl adjacent to an activating group) is 1. The molecule has 1 aliphatic carbocycles. The number of rotatable bonds is 6. The van der Waals surface area contributed by atoms with Gasteiger partial charge in [-0.05, 0) is 24.8 Å². The number of hydrogen-bond acceptors (Lipinski definition) is 6. The molecule has 24 heavy (non-hydrogen) atoms. The van der Waals surface area contributed by atoms with Crippen LogP contribution in [-0.2, 0) is 6.54 Å². The van der Waals surface area contributed by atoms with E-state index in [9.17, 15) is 5.11 Å². The number of benzene rings is 1. The molecule has 6 heteroatoms. The van der Waals surface area contributed by atoms with E-state index in [1.165, 1.54) is 29.9 Å². The Balaban J connectivity index is 1.35. The first-order valence-corrected chi connectivity index (χ1v) is 9.42. The van der Waals surface area contributed by atoms with E-state index in [4.69, 9.17) is 0 Å². The fraction of sp³-hybridized carbons (Fsp3) is 0.556. The van der Waals surface area contributed by atoms with Crippen LogP contribution in [-0.4, -0.2) is 51.6 Å². The average Bonchev–Trinajstić information content (AvgIpc) is 3.18. The fourth-order valence-electron chi connectivity index (χ4n) is 3.44. The molecular formula is C18H24N4OS. The van der Waals surface area contributed by atoms with Gasteiger partial charge in [0, 0.05) is 50.7 Å². The van der Waals surface area contributed by atoms with E-state index in [2.05, 4.69) is 43.4 Å². The van der Waals surface area contributed by atoms with Crippen molar-refractivity contribution in [3.63, 3.8) is 0 Å². The molecule has 1 N–H and O–H groups in total. The molecular weight excluding hydrogens is 320 g/mol. The van der Waals surface area contributed by atoms with Crippen LogP contribution in [0.3, 0.4) is 0 Å². The summed E-state index contributed by atoms with van der Waals surface area (Å²) in [6.07, 6.45) is 3.25. The third-order valence-electron chi connectivity index (χ3n) is 4.89. The second kappa shape index (κ2) is 6.43. The Morgan fingerprint density at radius 3 is 2.88 bits per heavy atom. The van der Waals surface area contributed by atoms with Gasteiger partial charge in [-0.1, -0.05) is 30.3 Å². The topological polar surface area (TPSA) is 52.5 Å². The summed E-state index contributed by atoms with van der Waals surface area (Å²) in [4.78, 5) is 9.04. The van der Waals surface area contributed by atoms with Crippen LogP contribution in [0.25, 0.3) is 0 Å². The molecule has 0 spiro atoms. The van der Waals surface area contributed by atoms with E-state index in [0.29, 0.717) is 19.0 Å². The highest BCUT2D eigenvalue weighted by molar-refractivity contribution is 7.09. The first-order chi connectivity index (χ1) is 11.6. The van der Waals surface area contributed by atoms with Gasteiger partial charge in [-0.15, -0.1) is 0 Å². The molecule has 5 nitrogen and oxygen atoms in total. The Hall–Kier alpha value is -1.50. The first-order valence-electron chi connectivity index (χ1n) is 8.65. The summed E-state index contributed by atoms with van der Waals surface area (Å²) in [5.41, 5.74) is 0.628. The summed E-state index contributed by atoms with van der Waals surface area (Å²) in [5.74, 6) is 1.57. The lowest BCUT2D eigenvalue weighted by molar-refractivity contribution is 0.0562. The predicted octanol–water partition coefficient (Wildman–Crippen LogP) is 2.49. The van der Waals surface area contributed by atoms with Crippen LogP contribution in [0.15, 0.2) is 30.3 Å². The van der Waals surface area contributed by atoms with Crippen molar-refractivity contribution in [1.82, 2.24) is 14.3 Å². The van der Waals surface area contributed by atoms with Crippen LogP contribution in [0.1, 0.15) is 36.6 Å². The van der Waals surface area contributed by atoms with Gasteiger partial charge in [-0.3, -0.25) is 4.90 Å². The van der Waals surface area contributed by atoms with E-state index >= 15 is 0 Å². The lowest BCUT2D eigenvalue weighted by atomic mass is 10.0. The summed E-state index contributed by atoms with van der Waals surface area (Å²) >= 11 is 1.45.